The molecule has 1 aromatic heterocycles. The van der Waals surface area contributed by atoms with Gasteiger partial charge in [0.05, 0.1) is 6.26 Å². The number of carbonyl (C=O) groups excluding carboxylic acids is 1. The van der Waals surface area contributed by atoms with Gasteiger partial charge in [-0.2, -0.15) is 0 Å². The standard InChI is InChI=1S/C11H13NO4/c1-6(11(14)15)12-10(13)8-5-7(8)9-3-2-4-16-9/h2-4,6-8H,5H2,1H3,(H,12,13)(H,14,15). The van der Waals surface area contributed by atoms with E-state index >= 15 is 0 Å². The van der Waals surface area contributed by atoms with E-state index < -0.39 is 12.0 Å². The minimum atomic E-state index is -1.02. The zero-order chi connectivity index (χ0) is 11.7. The molecular weight excluding hydrogens is 210 g/mol. The minimum absolute atomic E-state index is 0.107. The van der Waals surface area contributed by atoms with Gasteiger partial charge in [0.25, 0.3) is 0 Å². The molecule has 0 saturated heterocycles. The van der Waals surface area contributed by atoms with Crippen LogP contribution in [0.4, 0.5) is 0 Å². The average Bonchev–Trinajstić information content (AvgIpc) is 2.85. The topological polar surface area (TPSA) is 79.5 Å². The lowest BCUT2D eigenvalue weighted by molar-refractivity contribution is -0.141. The molecule has 1 fully saturated rings. The summed E-state index contributed by atoms with van der Waals surface area (Å²) in [5.41, 5.74) is 0. The molecule has 86 valence electrons. The van der Waals surface area contributed by atoms with Crippen molar-refractivity contribution in [2.75, 3.05) is 0 Å². The molecule has 2 rings (SSSR count). The van der Waals surface area contributed by atoms with Crippen molar-refractivity contribution < 1.29 is 19.1 Å². The van der Waals surface area contributed by atoms with Crippen molar-refractivity contribution in [3.63, 3.8) is 0 Å². The zero-order valence-electron chi connectivity index (χ0n) is 8.84. The summed E-state index contributed by atoms with van der Waals surface area (Å²) in [4.78, 5) is 22.2. The molecular formula is C11H13NO4. The van der Waals surface area contributed by atoms with E-state index in [-0.39, 0.29) is 17.7 Å². The highest BCUT2D eigenvalue weighted by Gasteiger charge is 2.46. The Morgan fingerprint density at radius 2 is 2.38 bits per heavy atom. The zero-order valence-corrected chi connectivity index (χ0v) is 8.84. The molecule has 3 atom stereocenters. The molecule has 1 aromatic rings. The molecule has 1 aliphatic carbocycles. The highest BCUT2D eigenvalue weighted by atomic mass is 16.4. The monoisotopic (exact) mass is 223 g/mol. The van der Waals surface area contributed by atoms with Crippen LogP contribution in [0.2, 0.25) is 0 Å². The molecule has 16 heavy (non-hydrogen) atoms. The van der Waals surface area contributed by atoms with Crippen molar-refractivity contribution in [3.8, 4) is 0 Å². The number of amides is 1. The maximum absolute atomic E-state index is 11.6. The van der Waals surface area contributed by atoms with E-state index in [9.17, 15) is 9.59 Å². The van der Waals surface area contributed by atoms with Crippen LogP contribution in [-0.2, 0) is 9.59 Å². The van der Waals surface area contributed by atoms with Crippen LogP contribution < -0.4 is 5.32 Å². The summed E-state index contributed by atoms with van der Waals surface area (Å²) >= 11 is 0. The molecule has 2 N–H and O–H groups in total. The number of furan rings is 1. The van der Waals surface area contributed by atoms with Gasteiger partial charge in [-0.15, -0.1) is 0 Å². The molecule has 1 saturated carbocycles. The molecule has 1 amide bonds. The molecule has 0 bridgehead atoms. The van der Waals surface area contributed by atoms with Gasteiger partial charge in [-0.05, 0) is 25.5 Å². The Bertz CT molecular complexity index is 398. The third-order valence-electron chi connectivity index (χ3n) is 2.77. The molecule has 5 heteroatoms. The number of carboxylic acids is 1. The van der Waals surface area contributed by atoms with Gasteiger partial charge in [0.15, 0.2) is 0 Å². The molecule has 0 aliphatic heterocycles. The van der Waals surface area contributed by atoms with Crippen LogP contribution in [0.1, 0.15) is 25.0 Å². The van der Waals surface area contributed by atoms with Gasteiger partial charge >= 0.3 is 5.97 Å². The van der Waals surface area contributed by atoms with Gasteiger partial charge in [-0.3, -0.25) is 9.59 Å². The first-order chi connectivity index (χ1) is 7.59. The maximum atomic E-state index is 11.6. The molecule has 5 nitrogen and oxygen atoms in total. The predicted molar refractivity (Wildman–Crippen MR) is 54.8 cm³/mol. The highest BCUT2D eigenvalue weighted by Crippen LogP contribution is 2.47. The van der Waals surface area contributed by atoms with Crippen LogP contribution in [-0.4, -0.2) is 23.0 Å². The van der Waals surface area contributed by atoms with E-state index in [4.69, 9.17) is 9.52 Å². The lowest BCUT2D eigenvalue weighted by atomic mass is 10.2. The third-order valence-corrected chi connectivity index (χ3v) is 2.77. The summed E-state index contributed by atoms with van der Waals surface area (Å²) in [7, 11) is 0. The van der Waals surface area contributed by atoms with Gasteiger partial charge in [0.2, 0.25) is 5.91 Å². The lowest BCUT2D eigenvalue weighted by Gasteiger charge is -2.08. The third kappa shape index (κ3) is 2.08. The molecule has 1 aliphatic rings. The summed E-state index contributed by atoms with van der Waals surface area (Å²) in [6.07, 6.45) is 2.30. The van der Waals surface area contributed by atoms with E-state index in [1.807, 2.05) is 6.07 Å². The SMILES string of the molecule is CC(NC(=O)C1CC1c1ccco1)C(=O)O. The quantitative estimate of drug-likeness (QED) is 0.797. The highest BCUT2D eigenvalue weighted by molar-refractivity contribution is 5.87. The second-order valence-electron chi connectivity index (χ2n) is 4.03. The Morgan fingerprint density at radius 1 is 1.62 bits per heavy atom. The second kappa shape index (κ2) is 4.00. The first-order valence-electron chi connectivity index (χ1n) is 5.16. The van der Waals surface area contributed by atoms with E-state index in [0.717, 1.165) is 12.2 Å². The van der Waals surface area contributed by atoms with Crippen LogP contribution in [0.25, 0.3) is 0 Å². The lowest BCUT2D eigenvalue weighted by Crippen LogP contribution is -2.39. The molecule has 0 spiro atoms. The number of hydrogen-bond donors (Lipinski definition) is 2. The van der Waals surface area contributed by atoms with E-state index in [1.165, 1.54) is 6.92 Å². The maximum Gasteiger partial charge on any atom is 0.325 e. The number of carboxylic acid groups (broad SMARTS) is 1. The predicted octanol–water partition coefficient (Wildman–Crippen LogP) is 0.972. The van der Waals surface area contributed by atoms with E-state index in [2.05, 4.69) is 5.32 Å². The summed E-state index contributed by atoms with van der Waals surface area (Å²) in [5, 5.41) is 11.1. The Morgan fingerprint density at radius 3 is 2.94 bits per heavy atom. The number of aliphatic carboxylic acids is 1. The molecule has 1 heterocycles. The van der Waals surface area contributed by atoms with Crippen LogP contribution in [0, 0.1) is 5.92 Å². The molecule has 0 radical (unpaired) electrons. The fourth-order valence-corrected chi connectivity index (χ4v) is 1.68. The fraction of sp³-hybridized carbons (Fsp3) is 0.455. The summed E-state index contributed by atoms with van der Waals surface area (Å²) in [5.74, 6) is -0.480. The van der Waals surface area contributed by atoms with Gasteiger partial charge < -0.3 is 14.8 Å². The fourth-order valence-electron chi connectivity index (χ4n) is 1.68. The molecule has 3 unspecified atom stereocenters. The van der Waals surface area contributed by atoms with E-state index in [1.54, 1.807) is 12.3 Å². The van der Waals surface area contributed by atoms with Gasteiger partial charge in [-0.1, -0.05) is 0 Å². The summed E-state index contributed by atoms with van der Waals surface area (Å²) < 4.78 is 5.19. The van der Waals surface area contributed by atoms with Crippen LogP contribution in [0.5, 0.6) is 0 Å². The van der Waals surface area contributed by atoms with Crippen molar-refractivity contribution in [1.82, 2.24) is 5.32 Å². The van der Waals surface area contributed by atoms with Crippen LogP contribution >= 0.6 is 0 Å². The number of carbonyl (C=O) groups is 2. The van der Waals surface area contributed by atoms with Crippen molar-refractivity contribution in [3.05, 3.63) is 24.2 Å². The van der Waals surface area contributed by atoms with Gasteiger partial charge in [-0.25, -0.2) is 0 Å². The Balaban J connectivity index is 1.88. The smallest absolute Gasteiger partial charge is 0.325 e. The number of nitrogens with one attached hydrogen (secondary N) is 1. The molecule has 0 aromatic carbocycles. The normalized spacial score (nSPS) is 24.8. The Labute approximate surface area is 92.4 Å². The van der Waals surface area contributed by atoms with E-state index in [0.29, 0.717) is 0 Å². The first kappa shape index (κ1) is 10.7. The van der Waals surface area contributed by atoms with Crippen molar-refractivity contribution in [2.24, 2.45) is 5.92 Å². The van der Waals surface area contributed by atoms with Crippen LogP contribution in [0.3, 0.4) is 0 Å². The summed E-state index contributed by atoms with van der Waals surface area (Å²) in [6, 6.07) is 2.77. The minimum Gasteiger partial charge on any atom is -0.480 e. The number of hydrogen-bond acceptors (Lipinski definition) is 3. The number of rotatable bonds is 4. The van der Waals surface area contributed by atoms with Crippen LogP contribution in [0.15, 0.2) is 22.8 Å². The Hall–Kier alpha value is -1.78. The van der Waals surface area contributed by atoms with Gasteiger partial charge in [0.1, 0.15) is 11.8 Å². The average molecular weight is 223 g/mol. The first-order valence-corrected chi connectivity index (χ1v) is 5.16. The van der Waals surface area contributed by atoms with Gasteiger partial charge in [0, 0.05) is 11.8 Å². The summed E-state index contributed by atoms with van der Waals surface area (Å²) in [6.45, 7) is 1.45. The largest absolute Gasteiger partial charge is 0.480 e. The van der Waals surface area contributed by atoms with Crippen molar-refractivity contribution in [2.45, 2.75) is 25.3 Å². The van der Waals surface area contributed by atoms with Crippen molar-refractivity contribution >= 4 is 11.9 Å². The van der Waals surface area contributed by atoms with Crippen molar-refractivity contribution in [1.29, 1.82) is 0 Å². The second-order valence-corrected chi connectivity index (χ2v) is 4.03. The Kier molecular flexibility index (Phi) is 2.68.